The molecule has 1 saturated heterocycles. The molecule has 0 spiro atoms. The van der Waals surface area contributed by atoms with Crippen molar-refractivity contribution in [3.05, 3.63) is 89.0 Å². The molecular formula is C28H25F3N6O2S. The summed E-state index contributed by atoms with van der Waals surface area (Å²) in [5, 5.41) is 9.08. The zero-order valence-corrected chi connectivity index (χ0v) is 22.4. The van der Waals surface area contributed by atoms with Crippen LogP contribution in [0.1, 0.15) is 28.7 Å². The highest BCUT2D eigenvalue weighted by Gasteiger charge is 2.31. The Labute approximate surface area is 233 Å². The molecule has 1 amide bonds. The number of amidine groups is 2. The fourth-order valence-corrected chi connectivity index (χ4v) is 4.70. The molecule has 0 atom stereocenters. The Morgan fingerprint density at radius 2 is 1.70 bits per heavy atom. The Morgan fingerprint density at radius 3 is 2.35 bits per heavy atom. The Hall–Kier alpha value is -4.45. The van der Waals surface area contributed by atoms with Gasteiger partial charge in [0.1, 0.15) is 17.9 Å². The molecule has 2 N–H and O–H groups in total. The number of rotatable bonds is 7. The van der Waals surface area contributed by atoms with E-state index in [2.05, 4.69) is 24.9 Å². The number of amides is 1. The number of alkyl halides is 3. The number of halogens is 3. The molecule has 0 bridgehead atoms. The molecule has 8 nitrogen and oxygen atoms in total. The molecule has 12 heteroatoms. The first-order valence-corrected chi connectivity index (χ1v) is 13.0. The average Bonchev–Trinajstić information content (AvgIpc) is 2.90. The van der Waals surface area contributed by atoms with Crippen molar-refractivity contribution in [3.63, 3.8) is 0 Å². The molecule has 0 radical (unpaired) electrons. The molecule has 0 unspecified atom stereocenters. The highest BCUT2D eigenvalue weighted by molar-refractivity contribution is 8.14. The first kappa shape index (κ1) is 28.6. The number of ether oxygens (including phenoxy) is 1. The van der Waals surface area contributed by atoms with Crippen molar-refractivity contribution in [1.29, 1.82) is 0 Å². The molecule has 3 aromatic rings. The number of nitrogens with two attached hydrogens (primary N) is 1. The van der Waals surface area contributed by atoms with E-state index >= 15 is 0 Å². The van der Waals surface area contributed by atoms with Crippen molar-refractivity contribution in [2.75, 3.05) is 10.7 Å². The highest BCUT2D eigenvalue weighted by atomic mass is 32.2. The average molecular weight is 567 g/mol. The van der Waals surface area contributed by atoms with Crippen molar-refractivity contribution in [2.24, 2.45) is 25.9 Å². The van der Waals surface area contributed by atoms with E-state index in [4.69, 9.17) is 5.73 Å². The highest BCUT2D eigenvalue weighted by Crippen LogP contribution is 2.31. The lowest BCUT2D eigenvalue weighted by atomic mass is 10.1. The van der Waals surface area contributed by atoms with E-state index in [1.165, 1.54) is 30.2 Å². The number of aliphatic imine (C=N–C) groups is 2. The molecule has 1 fully saturated rings. The molecule has 1 aliphatic heterocycles. The molecule has 0 aromatic heterocycles. The lowest BCUT2D eigenvalue weighted by Crippen LogP contribution is -2.40. The third-order valence-electron chi connectivity index (χ3n) is 5.68. The number of carbonyl (C=O) groups is 1. The van der Waals surface area contributed by atoms with Crippen LogP contribution in [0.4, 0.5) is 24.5 Å². The maximum atomic E-state index is 12.8. The van der Waals surface area contributed by atoms with Crippen molar-refractivity contribution in [2.45, 2.75) is 26.6 Å². The van der Waals surface area contributed by atoms with Gasteiger partial charge < -0.3 is 10.5 Å². The topological polar surface area (TPSA) is 105 Å². The van der Waals surface area contributed by atoms with Crippen LogP contribution in [-0.4, -0.2) is 41.6 Å². The van der Waals surface area contributed by atoms with E-state index < -0.39 is 6.36 Å². The second kappa shape index (κ2) is 12.6. The summed E-state index contributed by atoms with van der Waals surface area (Å²) in [5.74, 6) is 0.489. The van der Waals surface area contributed by atoms with Gasteiger partial charge in [-0.2, -0.15) is 5.10 Å². The van der Waals surface area contributed by atoms with Gasteiger partial charge in [0.15, 0.2) is 5.17 Å². The Morgan fingerprint density at radius 1 is 1.02 bits per heavy atom. The molecule has 0 aliphatic carbocycles. The monoisotopic (exact) mass is 566 g/mol. The van der Waals surface area contributed by atoms with E-state index in [1.54, 1.807) is 35.4 Å². The summed E-state index contributed by atoms with van der Waals surface area (Å²) in [6.45, 7) is 3.93. The van der Waals surface area contributed by atoms with Gasteiger partial charge in [-0.1, -0.05) is 54.2 Å². The van der Waals surface area contributed by atoms with Crippen molar-refractivity contribution >= 4 is 52.6 Å². The minimum atomic E-state index is -4.75. The van der Waals surface area contributed by atoms with Gasteiger partial charge in [-0.25, -0.2) is 9.98 Å². The van der Waals surface area contributed by atoms with Crippen LogP contribution in [0, 0.1) is 13.8 Å². The van der Waals surface area contributed by atoms with Crippen molar-refractivity contribution in [1.82, 2.24) is 0 Å². The molecule has 1 aliphatic rings. The van der Waals surface area contributed by atoms with Gasteiger partial charge in [-0.05, 0) is 54.8 Å². The summed E-state index contributed by atoms with van der Waals surface area (Å²) < 4.78 is 40.6. The van der Waals surface area contributed by atoms with Crippen LogP contribution >= 0.6 is 11.8 Å². The van der Waals surface area contributed by atoms with E-state index in [9.17, 15) is 18.0 Å². The Kier molecular flexibility index (Phi) is 9.00. The number of aryl methyl sites for hydroxylation is 2. The molecule has 4 rings (SSSR count). The van der Waals surface area contributed by atoms with Gasteiger partial charge in [0.05, 0.1) is 17.6 Å². The molecule has 1 heterocycles. The predicted octanol–water partition coefficient (Wildman–Crippen LogP) is 6.13. The maximum Gasteiger partial charge on any atom is 0.573 e. The normalized spacial score (nSPS) is 15.9. The van der Waals surface area contributed by atoms with Gasteiger partial charge in [0.2, 0.25) is 5.91 Å². The van der Waals surface area contributed by atoms with Crippen LogP contribution in [0.15, 0.2) is 86.9 Å². The SMILES string of the molecule is Cc1cccc(C)c1N1C(=O)CCS/C1=N\N=C\c1ccc(C(N)=NC=Nc2ccc(OC(F)(F)F)cc2)cc1. The smallest absolute Gasteiger partial charge is 0.406 e. The van der Waals surface area contributed by atoms with Crippen LogP contribution in [-0.2, 0) is 4.79 Å². The molecule has 40 heavy (non-hydrogen) atoms. The third kappa shape index (κ3) is 7.56. The summed E-state index contributed by atoms with van der Waals surface area (Å²) in [5.41, 5.74) is 10.6. The minimum Gasteiger partial charge on any atom is -0.406 e. The largest absolute Gasteiger partial charge is 0.573 e. The fourth-order valence-electron chi connectivity index (χ4n) is 3.82. The number of para-hydroxylation sites is 1. The molecular weight excluding hydrogens is 541 g/mol. The van der Waals surface area contributed by atoms with Gasteiger partial charge in [0.25, 0.3) is 0 Å². The number of carbonyl (C=O) groups excluding carboxylic acids is 1. The van der Waals surface area contributed by atoms with Crippen LogP contribution < -0.4 is 15.4 Å². The van der Waals surface area contributed by atoms with Gasteiger partial charge in [-0.3, -0.25) is 9.69 Å². The van der Waals surface area contributed by atoms with Crippen LogP contribution in [0.25, 0.3) is 0 Å². The number of hydrogen-bond acceptors (Lipinski definition) is 6. The van der Waals surface area contributed by atoms with Gasteiger partial charge in [-0.15, -0.1) is 18.3 Å². The van der Waals surface area contributed by atoms with E-state index in [0.717, 1.165) is 34.5 Å². The van der Waals surface area contributed by atoms with Crippen LogP contribution in [0.3, 0.4) is 0 Å². The molecule has 3 aromatic carbocycles. The number of hydrogen-bond donors (Lipinski definition) is 1. The zero-order valence-electron chi connectivity index (χ0n) is 21.6. The predicted molar refractivity (Wildman–Crippen MR) is 154 cm³/mol. The minimum absolute atomic E-state index is 0.0137. The number of thioether (sulfide) groups is 1. The third-order valence-corrected chi connectivity index (χ3v) is 6.61. The fraction of sp³-hybridized carbons (Fsp3) is 0.179. The first-order valence-electron chi connectivity index (χ1n) is 12.1. The number of anilines is 1. The summed E-state index contributed by atoms with van der Waals surface area (Å²) in [7, 11) is 0. The standard InChI is InChI=1S/C28H25F3N6O2S/c1-18-4-3-5-19(2)25(18)37-24(38)14-15-40-27(37)36-35-16-20-6-8-21(9-7-20)26(32)34-17-33-22-10-12-23(13-11-22)39-28(29,30)31/h3-13,16-17H,14-15H2,1-2H3,(H2,32,33,34)/b35-16+,36-27-. The van der Waals surface area contributed by atoms with Crippen molar-refractivity contribution < 1.29 is 22.7 Å². The Bertz CT molecular complexity index is 1460. The second-order valence-corrected chi connectivity index (χ2v) is 9.68. The summed E-state index contributed by atoms with van der Waals surface area (Å²) in [6, 6.07) is 18.0. The molecule has 0 saturated carbocycles. The maximum absolute atomic E-state index is 12.8. The lowest BCUT2D eigenvalue weighted by molar-refractivity contribution is -0.274. The van der Waals surface area contributed by atoms with Gasteiger partial charge >= 0.3 is 6.36 Å². The summed E-state index contributed by atoms with van der Waals surface area (Å²) in [4.78, 5) is 22.5. The summed E-state index contributed by atoms with van der Waals surface area (Å²) >= 11 is 1.48. The quantitative estimate of drug-likeness (QED) is 0.211. The zero-order chi connectivity index (χ0) is 28.7. The summed E-state index contributed by atoms with van der Waals surface area (Å²) in [6.07, 6.45) is -1.53. The van der Waals surface area contributed by atoms with E-state index in [1.807, 2.05) is 32.0 Å². The first-order chi connectivity index (χ1) is 19.1. The van der Waals surface area contributed by atoms with Crippen LogP contribution in [0.2, 0.25) is 0 Å². The molecule has 206 valence electrons. The van der Waals surface area contributed by atoms with Crippen LogP contribution in [0.5, 0.6) is 5.75 Å². The Balaban J connectivity index is 1.41. The van der Waals surface area contributed by atoms with E-state index in [-0.39, 0.29) is 17.5 Å². The lowest BCUT2D eigenvalue weighted by Gasteiger charge is -2.29. The van der Waals surface area contributed by atoms with E-state index in [0.29, 0.717) is 28.6 Å². The van der Waals surface area contributed by atoms with Crippen molar-refractivity contribution in [3.8, 4) is 5.75 Å². The number of nitrogens with zero attached hydrogens (tertiary/aromatic N) is 5. The second-order valence-electron chi connectivity index (χ2n) is 8.62. The number of benzene rings is 3. The van der Waals surface area contributed by atoms with Gasteiger partial charge in [0, 0.05) is 17.7 Å².